The highest BCUT2D eigenvalue weighted by molar-refractivity contribution is 9.10. The third-order valence-corrected chi connectivity index (χ3v) is 3.23. The van der Waals surface area contributed by atoms with Gasteiger partial charge in [0, 0.05) is 6.54 Å². The van der Waals surface area contributed by atoms with Crippen molar-refractivity contribution >= 4 is 15.9 Å². The van der Waals surface area contributed by atoms with Gasteiger partial charge in [0.15, 0.2) is 0 Å². The summed E-state index contributed by atoms with van der Waals surface area (Å²) >= 11 is 3.43. The van der Waals surface area contributed by atoms with Crippen molar-refractivity contribution in [3.63, 3.8) is 0 Å². The summed E-state index contributed by atoms with van der Waals surface area (Å²) in [5, 5.41) is 4.22. The molecule has 0 bridgehead atoms. The predicted octanol–water partition coefficient (Wildman–Crippen LogP) is 1.75. The van der Waals surface area contributed by atoms with Crippen LogP contribution in [0.4, 0.5) is 4.39 Å². The Morgan fingerprint density at radius 3 is 2.83 bits per heavy atom. The summed E-state index contributed by atoms with van der Waals surface area (Å²) in [6, 6.07) is 2.61. The lowest BCUT2D eigenvalue weighted by atomic mass is 10.1. The number of nitrogens with one attached hydrogen (secondary N) is 1. The maximum Gasteiger partial charge on any atom is 0.141 e. The SMILES string of the molecule is CCn1ncc(Br)c1C(NN)c1ccc(F)cn1. The van der Waals surface area contributed by atoms with Crippen LogP contribution in [-0.2, 0) is 6.54 Å². The Hall–Kier alpha value is -1.31. The Kier molecular flexibility index (Phi) is 4.05. The van der Waals surface area contributed by atoms with Gasteiger partial charge in [-0.1, -0.05) is 0 Å². The molecule has 5 nitrogen and oxygen atoms in total. The molecular formula is C11H13BrFN5. The Morgan fingerprint density at radius 1 is 1.50 bits per heavy atom. The van der Waals surface area contributed by atoms with Crippen molar-refractivity contribution < 1.29 is 4.39 Å². The monoisotopic (exact) mass is 313 g/mol. The van der Waals surface area contributed by atoms with Crippen LogP contribution in [0.2, 0.25) is 0 Å². The molecule has 0 aromatic carbocycles. The van der Waals surface area contributed by atoms with Crippen molar-refractivity contribution in [3.8, 4) is 0 Å². The molecule has 1 unspecified atom stereocenters. The minimum absolute atomic E-state index is 0.345. The summed E-state index contributed by atoms with van der Waals surface area (Å²) < 4.78 is 15.5. The van der Waals surface area contributed by atoms with Crippen molar-refractivity contribution in [1.29, 1.82) is 0 Å². The van der Waals surface area contributed by atoms with Gasteiger partial charge in [-0.15, -0.1) is 0 Å². The molecule has 96 valence electrons. The van der Waals surface area contributed by atoms with Gasteiger partial charge in [0.1, 0.15) is 11.9 Å². The first-order valence-electron chi connectivity index (χ1n) is 5.46. The number of halogens is 2. The van der Waals surface area contributed by atoms with E-state index in [-0.39, 0.29) is 11.9 Å². The molecule has 2 heterocycles. The molecule has 0 radical (unpaired) electrons. The second-order valence-corrected chi connectivity index (χ2v) is 4.55. The number of nitrogens with two attached hydrogens (primary N) is 1. The molecular weight excluding hydrogens is 301 g/mol. The number of aromatic nitrogens is 3. The van der Waals surface area contributed by atoms with E-state index in [9.17, 15) is 4.39 Å². The van der Waals surface area contributed by atoms with Crippen molar-refractivity contribution in [1.82, 2.24) is 20.2 Å². The standard InChI is InChI=1S/C11H13BrFN5/c1-2-18-11(8(12)6-16-18)10(17-14)9-4-3-7(13)5-15-9/h3-6,10,17H,2,14H2,1H3. The van der Waals surface area contributed by atoms with Crippen LogP contribution in [0.1, 0.15) is 24.4 Å². The number of pyridine rings is 1. The Morgan fingerprint density at radius 2 is 2.28 bits per heavy atom. The summed E-state index contributed by atoms with van der Waals surface area (Å²) in [4.78, 5) is 4.04. The van der Waals surface area contributed by atoms with Crippen molar-refractivity contribution in [3.05, 3.63) is 46.2 Å². The molecule has 2 aromatic heterocycles. The van der Waals surface area contributed by atoms with Crippen LogP contribution in [0.15, 0.2) is 29.0 Å². The van der Waals surface area contributed by atoms with Gasteiger partial charge in [-0.2, -0.15) is 5.10 Å². The quantitative estimate of drug-likeness (QED) is 0.666. The van der Waals surface area contributed by atoms with Crippen LogP contribution in [0, 0.1) is 5.82 Å². The molecule has 0 aliphatic heterocycles. The zero-order chi connectivity index (χ0) is 13.1. The molecule has 1 atom stereocenters. The number of nitrogens with zero attached hydrogens (tertiary/aromatic N) is 3. The van der Waals surface area contributed by atoms with Gasteiger partial charge < -0.3 is 0 Å². The largest absolute Gasteiger partial charge is 0.270 e. The van der Waals surface area contributed by atoms with Crippen molar-refractivity contribution in [2.24, 2.45) is 5.84 Å². The fourth-order valence-electron chi connectivity index (χ4n) is 1.77. The number of rotatable bonds is 4. The third-order valence-electron chi connectivity index (χ3n) is 2.62. The van der Waals surface area contributed by atoms with Gasteiger partial charge in [-0.05, 0) is 35.0 Å². The number of hydrogen-bond acceptors (Lipinski definition) is 4. The number of aryl methyl sites for hydroxylation is 1. The van der Waals surface area contributed by atoms with E-state index in [1.165, 1.54) is 12.3 Å². The minimum atomic E-state index is -0.377. The zero-order valence-corrected chi connectivity index (χ0v) is 11.4. The normalized spacial score (nSPS) is 12.7. The lowest BCUT2D eigenvalue weighted by molar-refractivity contribution is 0.530. The molecule has 0 aliphatic rings. The van der Waals surface area contributed by atoms with Gasteiger partial charge in [0.25, 0.3) is 0 Å². The summed E-state index contributed by atoms with van der Waals surface area (Å²) in [6.45, 7) is 2.69. The molecule has 0 amide bonds. The average Bonchev–Trinajstić information content (AvgIpc) is 2.74. The summed E-state index contributed by atoms with van der Waals surface area (Å²) in [7, 11) is 0. The van der Waals surface area contributed by atoms with Crippen LogP contribution < -0.4 is 11.3 Å². The number of hydrazine groups is 1. The number of hydrogen-bond donors (Lipinski definition) is 2. The zero-order valence-electron chi connectivity index (χ0n) is 9.77. The van der Waals surface area contributed by atoms with Gasteiger partial charge in [-0.25, -0.2) is 9.82 Å². The first-order valence-corrected chi connectivity index (χ1v) is 6.25. The third kappa shape index (κ3) is 2.43. The van der Waals surface area contributed by atoms with Crippen LogP contribution >= 0.6 is 15.9 Å². The molecule has 2 rings (SSSR count). The lowest BCUT2D eigenvalue weighted by Gasteiger charge is -2.17. The summed E-state index contributed by atoms with van der Waals surface area (Å²) in [6.07, 6.45) is 2.87. The fourth-order valence-corrected chi connectivity index (χ4v) is 2.30. The second kappa shape index (κ2) is 5.55. The highest BCUT2D eigenvalue weighted by Gasteiger charge is 2.21. The van der Waals surface area contributed by atoms with Crippen LogP contribution in [-0.4, -0.2) is 14.8 Å². The van der Waals surface area contributed by atoms with Crippen molar-refractivity contribution in [2.45, 2.75) is 19.5 Å². The van der Waals surface area contributed by atoms with E-state index >= 15 is 0 Å². The molecule has 0 aliphatic carbocycles. The molecule has 0 spiro atoms. The molecule has 7 heteroatoms. The Labute approximate surface area is 112 Å². The van der Waals surface area contributed by atoms with E-state index in [1.807, 2.05) is 6.92 Å². The predicted molar refractivity (Wildman–Crippen MR) is 69.0 cm³/mol. The maximum atomic E-state index is 12.9. The summed E-state index contributed by atoms with van der Waals surface area (Å²) in [5.74, 6) is 5.20. The lowest BCUT2D eigenvalue weighted by Crippen LogP contribution is -2.31. The maximum absolute atomic E-state index is 12.9. The highest BCUT2D eigenvalue weighted by Crippen LogP contribution is 2.27. The van der Waals surface area contributed by atoms with Gasteiger partial charge in [-0.3, -0.25) is 15.5 Å². The first-order chi connectivity index (χ1) is 8.67. The second-order valence-electron chi connectivity index (χ2n) is 3.69. The van der Waals surface area contributed by atoms with Crippen LogP contribution in [0.25, 0.3) is 0 Å². The van der Waals surface area contributed by atoms with E-state index in [4.69, 9.17) is 5.84 Å². The van der Waals surface area contributed by atoms with E-state index < -0.39 is 0 Å². The Bertz CT molecular complexity index is 525. The average molecular weight is 314 g/mol. The Balaban J connectivity index is 2.44. The molecule has 3 N–H and O–H groups in total. The molecule has 18 heavy (non-hydrogen) atoms. The first kappa shape index (κ1) is 13.1. The van der Waals surface area contributed by atoms with E-state index in [0.717, 1.165) is 10.2 Å². The molecule has 0 fully saturated rings. The topological polar surface area (TPSA) is 68.8 Å². The smallest absolute Gasteiger partial charge is 0.141 e. The van der Waals surface area contributed by atoms with E-state index in [2.05, 4.69) is 31.4 Å². The van der Waals surface area contributed by atoms with Crippen LogP contribution in [0.5, 0.6) is 0 Å². The van der Waals surface area contributed by atoms with Gasteiger partial charge in [0.05, 0.1) is 28.3 Å². The van der Waals surface area contributed by atoms with Gasteiger partial charge >= 0.3 is 0 Å². The van der Waals surface area contributed by atoms with E-state index in [1.54, 1.807) is 16.9 Å². The molecule has 2 aromatic rings. The van der Waals surface area contributed by atoms with E-state index in [0.29, 0.717) is 12.2 Å². The molecule has 0 saturated heterocycles. The highest BCUT2D eigenvalue weighted by atomic mass is 79.9. The van der Waals surface area contributed by atoms with Crippen LogP contribution in [0.3, 0.4) is 0 Å². The molecule has 0 saturated carbocycles. The van der Waals surface area contributed by atoms with Gasteiger partial charge in [0.2, 0.25) is 0 Å². The minimum Gasteiger partial charge on any atom is -0.270 e. The summed E-state index contributed by atoms with van der Waals surface area (Å²) in [5.41, 5.74) is 4.17. The fraction of sp³-hybridized carbons (Fsp3) is 0.273. The van der Waals surface area contributed by atoms with Crippen molar-refractivity contribution in [2.75, 3.05) is 0 Å².